The Kier molecular flexibility index (Phi) is 3.67. The maximum absolute atomic E-state index is 12.3. The molecule has 6 heteroatoms. The van der Waals surface area contributed by atoms with Gasteiger partial charge in [0.25, 0.3) is 5.91 Å². The number of aromatic carboxylic acids is 1. The van der Waals surface area contributed by atoms with E-state index in [1.807, 2.05) is 0 Å². The molecule has 2 aromatic rings. The number of carboxylic acid groups (broad SMARTS) is 1. The van der Waals surface area contributed by atoms with Crippen molar-refractivity contribution in [2.75, 3.05) is 5.32 Å². The third-order valence-electron chi connectivity index (χ3n) is 3.20. The molecular weight excluding hydrogens is 278 g/mol. The number of thiophene rings is 1. The van der Waals surface area contributed by atoms with Crippen molar-refractivity contribution in [2.24, 2.45) is 0 Å². The van der Waals surface area contributed by atoms with Gasteiger partial charge >= 0.3 is 5.97 Å². The van der Waals surface area contributed by atoms with Crippen LogP contribution in [0, 0.1) is 27.7 Å². The molecule has 0 aliphatic rings. The molecule has 0 unspecified atom stereocenters. The van der Waals surface area contributed by atoms with Gasteiger partial charge in [0.2, 0.25) is 0 Å². The highest BCUT2D eigenvalue weighted by Crippen LogP contribution is 2.29. The van der Waals surface area contributed by atoms with Crippen LogP contribution in [0.2, 0.25) is 0 Å². The van der Waals surface area contributed by atoms with Gasteiger partial charge in [-0.15, -0.1) is 11.3 Å². The van der Waals surface area contributed by atoms with Crippen LogP contribution in [0.5, 0.6) is 0 Å². The van der Waals surface area contributed by atoms with E-state index in [0.717, 1.165) is 22.5 Å². The third-order valence-corrected chi connectivity index (χ3v) is 4.28. The van der Waals surface area contributed by atoms with E-state index in [0.29, 0.717) is 22.8 Å². The van der Waals surface area contributed by atoms with Gasteiger partial charge in [0.1, 0.15) is 16.4 Å². The maximum atomic E-state index is 12.3. The summed E-state index contributed by atoms with van der Waals surface area (Å²) in [6.07, 6.45) is 0. The smallest absolute Gasteiger partial charge is 0.348 e. The molecular formula is C14H15NO4S. The van der Waals surface area contributed by atoms with E-state index in [1.54, 1.807) is 33.1 Å². The zero-order valence-electron chi connectivity index (χ0n) is 11.7. The summed E-state index contributed by atoms with van der Waals surface area (Å²) in [6, 6.07) is 0. The van der Waals surface area contributed by atoms with Crippen molar-refractivity contribution in [1.82, 2.24) is 0 Å². The fourth-order valence-electron chi connectivity index (χ4n) is 2.06. The van der Waals surface area contributed by atoms with Gasteiger partial charge in [-0.25, -0.2) is 4.79 Å². The van der Waals surface area contributed by atoms with E-state index in [2.05, 4.69) is 5.32 Å². The van der Waals surface area contributed by atoms with E-state index >= 15 is 0 Å². The van der Waals surface area contributed by atoms with Gasteiger partial charge in [-0.3, -0.25) is 4.79 Å². The van der Waals surface area contributed by atoms with E-state index in [4.69, 9.17) is 9.52 Å². The lowest BCUT2D eigenvalue weighted by molar-refractivity contribution is 0.0703. The molecule has 0 aliphatic carbocycles. The number of aryl methyl sites for hydroxylation is 3. The van der Waals surface area contributed by atoms with Crippen molar-refractivity contribution < 1.29 is 19.1 Å². The molecule has 0 saturated carbocycles. The Balaban J connectivity index is 2.38. The lowest BCUT2D eigenvalue weighted by Gasteiger charge is -2.06. The average Bonchev–Trinajstić information content (AvgIpc) is 2.82. The van der Waals surface area contributed by atoms with Gasteiger partial charge in [-0.2, -0.15) is 0 Å². The molecule has 2 aromatic heterocycles. The monoisotopic (exact) mass is 293 g/mol. The SMILES string of the molecule is Cc1csc(C(=O)O)c1NC(=O)c1c(C)oc(C)c1C. The maximum Gasteiger partial charge on any atom is 0.348 e. The number of anilines is 1. The summed E-state index contributed by atoms with van der Waals surface area (Å²) in [5.41, 5.74) is 2.32. The number of amides is 1. The van der Waals surface area contributed by atoms with Crippen LogP contribution in [0.3, 0.4) is 0 Å². The fourth-order valence-corrected chi connectivity index (χ4v) is 2.90. The number of hydrogen-bond acceptors (Lipinski definition) is 4. The van der Waals surface area contributed by atoms with Crippen molar-refractivity contribution >= 4 is 28.9 Å². The normalized spacial score (nSPS) is 10.6. The van der Waals surface area contributed by atoms with Crippen molar-refractivity contribution in [3.8, 4) is 0 Å². The van der Waals surface area contributed by atoms with Crippen LogP contribution < -0.4 is 5.32 Å². The molecule has 0 bridgehead atoms. The van der Waals surface area contributed by atoms with Crippen LogP contribution in [0.15, 0.2) is 9.80 Å². The van der Waals surface area contributed by atoms with Crippen LogP contribution in [0.4, 0.5) is 5.69 Å². The quantitative estimate of drug-likeness (QED) is 0.907. The molecule has 0 fully saturated rings. The van der Waals surface area contributed by atoms with Gasteiger partial charge in [0.15, 0.2) is 0 Å². The summed E-state index contributed by atoms with van der Waals surface area (Å²) in [7, 11) is 0. The van der Waals surface area contributed by atoms with Gasteiger partial charge in [-0.05, 0) is 38.6 Å². The van der Waals surface area contributed by atoms with Crippen LogP contribution in [0.25, 0.3) is 0 Å². The molecule has 0 radical (unpaired) electrons. The second kappa shape index (κ2) is 5.13. The van der Waals surface area contributed by atoms with Crippen LogP contribution in [-0.2, 0) is 0 Å². The van der Waals surface area contributed by atoms with Gasteiger partial charge in [-0.1, -0.05) is 0 Å². The standard InChI is InChI=1S/C14H15NO4S/c1-6-5-20-12(14(17)18)11(6)15-13(16)10-7(2)8(3)19-9(10)4/h5H,1-4H3,(H,15,16)(H,17,18). The summed E-state index contributed by atoms with van der Waals surface area (Å²) < 4.78 is 5.42. The fraction of sp³-hybridized carbons (Fsp3) is 0.286. The Hall–Kier alpha value is -2.08. The van der Waals surface area contributed by atoms with Crippen molar-refractivity contribution in [2.45, 2.75) is 27.7 Å². The number of nitrogens with one attached hydrogen (secondary N) is 1. The van der Waals surface area contributed by atoms with E-state index in [9.17, 15) is 9.59 Å². The number of hydrogen-bond donors (Lipinski definition) is 2. The summed E-state index contributed by atoms with van der Waals surface area (Å²) >= 11 is 1.10. The number of carbonyl (C=O) groups is 2. The Labute approximate surface area is 120 Å². The minimum absolute atomic E-state index is 0.131. The summed E-state index contributed by atoms with van der Waals surface area (Å²) in [5.74, 6) is -0.175. The molecule has 0 aromatic carbocycles. The van der Waals surface area contributed by atoms with Gasteiger partial charge in [0.05, 0.1) is 11.3 Å². The molecule has 0 spiro atoms. The first-order valence-corrected chi connectivity index (χ1v) is 6.90. The number of rotatable bonds is 3. The van der Waals surface area contributed by atoms with Gasteiger partial charge in [0, 0.05) is 5.56 Å². The molecule has 1 amide bonds. The van der Waals surface area contributed by atoms with Crippen LogP contribution >= 0.6 is 11.3 Å². The summed E-state index contributed by atoms with van der Waals surface area (Å²) in [5, 5.41) is 13.5. The first-order valence-electron chi connectivity index (χ1n) is 6.02. The number of carboxylic acids is 1. The highest BCUT2D eigenvalue weighted by Gasteiger charge is 2.22. The topological polar surface area (TPSA) is 79.5 Å². The third kappa shape index (κ3) is 2.34. The Morgan fingerprint density at radius 1 is 1.20 bits per heavy atom. The zero-order chi connectivity index (χ0) is 15.0. The molecule has 0 saturated heterocycles. The second-order valence-corrected chi connectivity index (χ2v) is 5.48. The second-order valence-electron chi connectivity index (χ2n) is 4.60. The van der Waals surface area contributed by atoms with E-state index < -0.39 is 5.97 Å². The van der Waals surface area contributed by atoms with Crippen molar-refractivity contribution in [3.63, 3.8) is 0 Å². The largest absolute Gasteiger partial charge is 0.477 e. The number of carbonyl (C=O) groups excluding carboxylic acids is 1. The van der Waals surface area contributed by atoms with E-state index in [1.165, 1.54) is 0 Å². The molecule has 106 valence electrons. The highest BCUT2D eigenvalue weighted by atomic mass is 32.1. The summed E-state index contributed by atoms with van der Waals surface area (Å²) in [4.78, 5) is 23.6. The minimum Gasteiger partial charge on any atom is -0.477 e. The van der Waals surface area contributed by atoms with Crippen molar-refractivity contribution in [3.05, 3.63) is 38.5 Å². The molecule has 0 atom stereocenters. The minimum atomic E-state index is -1.05. The predicted octanol–water partition coefficient (Wildman–Crippen LogP) is 3.53. The Morgan fingerprint density at radius 3 is 2.35 bits per heavy atom. The van der Waals surface area contributed by atoms with Crippen LogP contribution in [0.1, 0.15) is 42.7 Å². The first kappa shape index (κ1) is 14.3. The van der Waals surface area contributed by atoms with Crippen molar-refractivity contribution in [1.29, 1.82) is 0 Å². The molecule has 2 heterocycles. The number of furan rings is 1. The average molecular weight is 293 g/mol. The predicted molar refractivity (Wildman–Crippen MR) is 76.9 cm³/mol. The first-order chi connectivity index (χ1) is 9.32. The lowest BCUT2D eigenvalue weighted by Crippen LogP contribution is -2.15. The lowest BCUT2D eigenvalue weighted by atomic mass is 10.1. The molecule has 2 rings (SSSR count). The molecule has 2 N–H and O–H groups in total. The zero-order valence-corrected chi connectivity index (χ0v) is 12.5. The highest BCUT2D eigenvalue weighted by molar-refractivity contribution is 7.12. The Morgan fingerprint density at radius 2 is 1.85 bits per heavy atom. The molecule has 20 heavy (non-hydrogen) atoms. The van der Waals surface area contributed by atoms with E-state index in [-0.39, 0.29) is 10.8 Å². The molecule has 5 nitrogen and oxygen atoms in total. The van der Waals surface area contributed by atoms with Gasteiger partial charge < -0.3 is 14.8 Å². The molecule has 0 aliphatic heterocycles. The van der Waals surface area contributed by atoms with Crippen LogP contribution in [-0.4, -0.2) is 17.0 Å². The Bertz CT molecular complexity index is 696. The summed E-state index contributed by atoms with van der Waals surface area (Å²) in [6.45, 7) is 7.07.